The van der Waals surface area contributed by atoms with Crippen LogP contribution in [0.2, 0.25) is 0 Å². The molecule has 0 heterocycles. The lowest BCUT2D eigenvalue weighted by atomic mass is 10.0. The summed E-state index contributed by atoms with van der Waals surface area (Å²) in [6.07, 6.45) is 2.33. The van der Waals surface area contributed by atoms with E-state index in [0.717, 1.165) is 17.5 Å². The Morgan fingerprint density at radius 2 is 1.50 bits per heavy atom. The maximum Gasteiger partial charge on any atom is 0.131 e. The Kier molecular flexibility index (Phi) is 4.24. The van der Waals surface area contributed by atoms with Gasteiger partial charge in [-0.05, 0) is 41.3 Å². The van der Waals surface area contributed by atoms with E-state index < -0.39 is 0 Å². The minimum absolute atomic E-state index is 0.478. The highest BCUT2D eigenvalue weighted by Crippen LogP contribution is 2.53. The largest absolute Gasteiger partial charge is 0.507 e. The van der Waals surface area contributed by atoms with Gasteiger partial charge in [-0.1, -0.05) is 67.9 Å². The minimum atomic E-state index is 0.478. The van der Waals surface area contributed by atoms with Gasteiger partial charge in [-0.15, -0.1) is 0 Å². The van der Waals surface area contributed by atoms with Crippen LogP contribution in [0.15, 0.2) is 66.7 Å². The first-order valence-electron chi connectivity index (χ1n) is 7.67. The Labute approximate surface area is 131 Å². The zero-order chi connectivity index (χ0) is 15.4. The third-order valence-corrected chi connectivity index (χ3v) is 3.77. The number of aromatic hydroxyl groups is 1. The first kappa shape index (κ1) is 14.4. The number of hydrogen-bond donors (Lipinski definition) is 1. The zero-order valence-electron chi connectivity index (χ0n) is 12.7. The molecule has 0 saturated heterocycles. The predicted octanol–water partition coefficient (Wildman–Crippen LogP) is 5.48. The van der Waals surface area contributed by atoms with Crippen molar-refractivity contribution in [1.29, 1.82) is 0 Å². The SMILES string of the molecule is CCCc1ccc(-c2cc3c(O)c-3c2)cc1.[c]1ccccc1. The Morgan fingerprint density at radius 1 is 0.864 bits per heavy atom. The lowest BCUT2D eigenvalue weighted by molar-refractivity contribution is 0.495. The van der Waals surface area contributed by atoms with Crippen LogP contribution in [0.1, 0.15) is 18.9 Å². The van der Waals surface area contributed by atoms with Gasteiger partial charge in [0.05, 0.1) is 0 Å². The van der Waals surface area contributed by atoms with Gasteiger partial charge < -0.3 is 5.11 Å². The second-order valence-corrected chi connectivity index (χ2v) is 5.44. The molecule has 0 bridgehead atoms. The van der Waals surface area contributed by atoms with Crippen LogP contribution in [0.25, 0.3) is 22.3 Å². The number of benzene rings is 3. The number of aryl methyl sites for hydroxylation is 1. The highest BCUT2D eigenvalue weighted by Gasteiger charge is 2.25. The van der Waals surface area contributed by atoms with Crippen LogP contribution in [0.4, 0.5) is 0 Å². The molecular weight excluding hydrogens is 268 g/mol. The van der Waals surface area contributed by atoms with Gasteiger partial charge in [-0.2, -0.15) is 0 Å². The number of phenols is 1. The first-order chi connectivity index (χ1) is 10.8. The fourth-order valence-electron chi connectivity index (χ4n) is 2.51. The lowest BCUT2D eigenvalue weighted by Gasteiger charge is -2.01. The average Bonchev–Trinajstić information content (AvgIpc) is 3.00. The molecule has 0 fully saturated rings. The van der Waals surface area contributed by atoms with Crippen LogP contribution in [-0.4, -0.2) is 5.11 Å². The molecule has 0 spiro atoms. The standard InChI is InChI=1S/C15H14O.C6H5/c1-2-3-10-4-6-11(7-5-10)12-8-13-14(9-12)15(13)16;1-2-4-6-5-3-1/h4-9,16H,2-3H2,1H3;1-5H. The number of phenolic OH excluding ortho intramolecular Hbond substituents is 1. The zero-order valence-corrected chi connectivity index (χ0v) is 12.7. The van der Waals surface area contributed by atoms with E-state index in [9.17, 15) is 5.11 Å². The molecule has 0 unspecified atom stereocenters. The Bertz CT molecular complexity index is 693. The summed E-state index contributed by atoms with van der Waals surface area (Å²) in [5.41, 5.74) is 5.88. The summed E-state index contributed by atoms with van der Waals surface area (Å²) >= 11 is 0. The third-order valence-electron chi connectivity index (χ3n) is 3.77. The van der Waals surface area contributed by atoms with Crippen LogP contribution < -0.4 is 0 Å². The highest BCUT2D eigenvalue weighted by molar-refractivity contribution is 5.99. The monoisotopic (exact) mass is 287 g/mol. The quantitative estimate of drug-likeness (QED) is 0.529. The maximum atomic E-state index is 9.29. The summed E-state index contributed by atoms with van der Waals surface area (Å²) in [6, 6.07) is 25.3. The molecule has 2 aliphatic carbocycles. The molecule has 1 radical (unpaired) electrons. The van der Waals surface area contributed by atoms with E-state index >= 15 is 0 Å². The van der Waals surface area contributed by atoms with E-state index in [2.05, 4.69) is 49.4 Å². The van der Waals surface area contributed by atoms with Crippen molar-refractivity contribution < 1.29 is 5.11 Å². The second-order valence-electron chi connectivity index (χ2n) is 5.44. The summed E-state index contributed by atoms with van der Waals surface area (Å²) in [5, 5.41) is 9.29. The van der Waals surface area contributed by atoms with Gasteiger partial charge >= 0.3 is 0 Å². The summed E-state index contributed by atoms with van der Waals surface area (Å²) in [5.74, 6) is 0.478. The van der Waals surface area contributed by atoms with Crippen molar-refractivity contribution in [3.8, 4) is 28.0 Å². The molecule has 0 aromatic heterocycles. The molecule has 0 amide bonds. The van der Waals surface area contributed by atoms with Gasteiger partial charge in [-0.3, -0.25) is 0 Å². The Hall–Kier alpha value is -2.54. The molecule has 1 N–H and O–H groups in total. The molecule has 2 aliphatic rings. The van der Waals surface area contributed by atoms with Crippen molar-refractivity contribution in [2.45, 2.75) is 19.8 Å². The predicted molar refractivity (Wildman–Crippen MR) is 91.8 cm³/mol. The molecule has 22 heavy (non-hydrogen) atoms. The van der Waals surface area contributed by atoms with Gasteiger partial charge in [0.15, 0.2) is 0 Å². The normalized spacial score (nSPS) is 10.6. The van der Waals surface area contributed by atoms with Gasteiger partial charge in [0.1, 0.15) is 5.75 Å². The molecule has 0 saturated carbocycles. The summed E-state index contributed by atoms with van der Waals surface area (Å²) in [7, 11) is 0. The van der Waals surface area contributed by atoms with Gasteiger partial charge in [0, 0.05) is 11.1 Å². The Morgan fingerprint density at radius 3 is 1.95 bits per heavy atom. The second kappa shape index (κ2) is 6.48. The fourth-order valence-corrected chi connectivity index (χ4v) is 2.51. The lowest BCUT2D eigenvalue weighted by Crippen LogP contribution is -1.82. The molecule has 0 aliphatic heterocycles. The van der Waals surface area contributed by atoms with Crippen molar-refractivity contribution in [3.05, 3.63) is 78.4 Å². The summed E-state index contributed by atoms with van der Waals surface area (Å²) in [6.45, 7) is 2.20. The van der Waals surface area contributed by atoms with E-state index in [4.69, 9.17) is 0 Å². The summed E-state index contributed by atoms with van der Waals surface area (Å²) < 4.78 is 0. The topological polar surface area (TPSA) is 20.2 Å². The molecule has 0 atom stereocenters. The number of fused-ring (bicyclic) bond motifs is 1. The molecule has 2 aromatic rings. The van der Waals surface area contributed by atoms with E-state index in [1.807, 2.05) is 30.3 Å². The molecule has 1 nitrogen and oxygen atoms in total. The molecule has 2 aromatic carbocycles. The van der Waals surface area contributed by atoms with Crippen LogP contribution in [0.5, 0.6) is 5.75 Å². The minimum Gasteiger partial charge on any atom is -0.507 e. The molecule has 1 heteroatoms. The molecular formula is C21H19O. The van der Waals surface area contributed by atoms with Crippen molar-refractivity contribution in [2.75, 3.05) is 0 Å². The van der Waals surface area contributed by atoms with E-state index in [0.29, 0.717) is 5.75 Å². The summed E-state index contributed by atoms with van der Waals surface area (Å²) in [4.78, 5) is 0. The van der Waals surface area contributed by atoms with Crippen LogP contribution in [0, 0.1) is 6.07 Å². The van der Waals surface area contributed by atoms with E-state index in [1.54, 1.807) is 0 Å². The van der Waals surface area contributed by atoms with Crippen LogP contribution in [0.3, 0.4) is 0 Å². The van der Waals surface area contributed by atoms with Crippen molar-refractivity contribution in [2.24, 2.45) is 0 Å². The van der Waals surface area contributed by atoms with Crippen molar-refractivity contribution in [1.82, 2.24) is 0 Å². The van der Waals surface area contributed by atoms with Crippen molar-refractivity contribution >= 4 is 0 Å². The highest BCUT2D eigenvalue weighted by atomic mass is 16.3. The average molecular weight is 287 g/mol. The number of hydrogen-bond acceptors (Lipinski definition) is 1. The fraction of sp³-hybridized carbons (Fsp3) is 0.143. The van der Waals surface area contributed by atoms with Gasteiger partial charge in [0.2, 0.25) is 0 Å². The number of rotatable bonds is 3. The van der Waals surface area contributed by atoms with Crippen LogP contribution in [-0.2, 0) is 6.42 Å². The Balaban J connectivity index is 0.000000202. The van der Waals surface area contributed by atoms with Gasteiger partial charge in [-0.25, -0.2) is 0 Å². The van der Waals surface area contributed by atoms with Gasteiger partial charge in [0.25, 0.3) is 0 Å². The molecule has 4 rings (SSSR count). The smallest absolute Gasteiger partial charge is 0.131 e. The van der Waals surface area contributed by atoms with E-state index in [-0.39, 0.29) is 0 Å². The molecule has 109 valence electrons. The maximum absolute atomic E-state index is 9.29. The van der Waals surface area contributed by atoms with Crippen LogP contribution >= 0.6 is 0 Å². The van der Waals surface area contributed by atoms with E-state index in [1.165, 1.54) is 23.1 Å². The van der Waals surface area contributed by atoms with Crippen molar-refractivity contribution in [3.63, 3.8) is 0 Å². The third kappa shape index (κ3) is 3.20. The first-order valence-corrected chi connectivity index (χ1v) is 7.67.